The number of rotatable bonds is 10. The first-order chi connectivity index (χ1) is 9.64. The molecule has 0 amide bonds. The molecule has 1 fully saturated rings. The number of hydrogen-bond acceptors (Lipinski definition) is 3. The number of hydrogen-bond donors (Lipinski definition) is 1. The van der Waals surface area contributed by atoms with E-state index in [1.165, 1.54) is 58.5 Å². The van der Waals surface area contributed by atoms with Crippen LogP contribution >= 0.6 is 0 Å². The minimum atomic E-state index is 0.466. The van der Waals surface area contributed by atoms with Crippen molar-refractivity contribution in [3.8, 4) is 0 Å². The molecule has 1 unspecified atom stereocenters. The second-order valence-corrected chi connectivity index (χ2v) is 6.39. The van der Waals surface area contributed by atoms with Gasteiger partial charge in [0.2, 0.25) is 0 Å². The van der Waals surface area contributed by atoms with Gasteiger partial charge in [-0.25, -0.2) is 0 Å². The zero-order valence-corrected chi connectivity index (χ0v) is 14.5. The van der Waals surface area contributed by atoms with Crippen LogP contribution in [0.1, 0.15) is 53.9 Å². The van der Waals surface area contributed by atoms with Crippen molar-refractivity contribution < 1.29 is 0 Å². The van der Waals surface area contributed by atoms with Gasteiger partial charge in [0.15, 0.2) is 0 Å². The van der Waals surface area contributed by atoms with Crippen molar-refractivity contribution in [3.05, 3.63) is 0 Å². The molecule has 0 aliphatic carbocycles. The van der Waals surface area contributed by atoms with Crippen LogP contribution in [-0.4, -0.2) is 61.7 Å². The first-order valence-corrected chi connectivity index (χ1v) is 8.81. The minimum absolute atomic E-state index is 0.466. The Hall–Kier alpha value is -0.120. The molecule has 0 saturated carbocycles. The highest BCUT2D eigenvalue weighted by molar-refractivity contribution is 4.89. The summed E-state index contributed by atoms with van der Waals surface area (Å²) < 4.78 is 0. The normalized spacial score (nSPS) is 21.0. The van der Waals surface area contributed by atoms with Crippen molar-refractivity contribution in [1.29, 1.82) is 0 Å². The average Bonchev–Trinajstić information content (AvgIpc) is 2.93. The Morgan fingerprint density at radius 2 is 1.75 bits per heavy atom. The Morgan fingerprint density at radius 1 is 1.10 bits per heavy atom. The Bertz CT molecular complexity index is 247. The Morgan fingerprint density at radius 3 is 2.25 bits per heavy atom. The quantitative estimate of drug-likeness (QED) is 0.665. The van der Waals surface area contributed by atoms with E-state index in [9.17, 15) is 0 Å². The number of nitrogens with zero attached hydrogens (tertiary/aromatic N) is 2. The maximum absolute atomic E-state index is 3.58. The summed E-state index contributed by atoms with van der Waals surface area (Å²) in [4.78, 5) is 5.34. The van der Waals surface area contributed by atoms with Gasteiger partial charge in [0.1, 0.15) is 0 Å². The maximum Gasteiger partial charge on any atom is 0.0235 e. The highest BCUT2D eigenvalue weighted by Crippen LogP contribution is 2.29. The van der Waals surface area contributed by atoms with Crippen LogP contribution in [0.5, 0.6) is 0 Å². The van der Waals surface area contributed by atoms with Crippen LogP contribution in [0.3, 0.4) is 0 Å². The van der Waals surface area contributed by atoms with Gasteiger partial charge in [-0.3, -0.25) is 4.90 Å². The maximum atomic E-state index is 3.58. The molecule has 1 rings (SSSR count). The van der Waals surface area contributed by atoms with Crippen molar-refractivity contribution in [3.63, 3.8) is 0 Å². The largest absolute Gasteiger partial charge is 0.316 e. The molecule has 0 bridgehead atoms. The molecule has 3 heteroatoms. The van der Waals surface area contributed by atoms with E-state index in [0.29, 0.717) is 5.41 Å². The van der Waals surface area contributed by atoms with Crippen LogP contribution < -0.4 is 5.32 Å². The van der Waals surface area contributed by atoms with Gasteiger partial charge in [0.05, 0.1) is 0 Å². The fourth-order valence-electron chi connectivity index (χ4n) is 3.64. The number of likely N-dealkylation sites (tertiary alicyclic amines) is 1. The second kappa shape index (κ2) is 9.01. The molecule has 0 spiro atoms. The molecule has 1 atom stereocenters. The van der Waals surface area contributed by atoms with Crippen LogP contribution in [0.15, 0.2) is 0 Å². The monoisotopic (exact) mass is 283 g/mol. The number of likely N-dealkylation sites (N-methyl/N-ethyl adjacent to an activating group) is 1. The standard InChI is InChI=1S/C17H37N3/c1-6-17(7-2,14-18-8-3)15-19-12-11-16(13-19)20(9-4)10-5/h16,18H,6-15H2,1-5H3. The third-order valence-corrected chi connectivity index (χ3v) is 5.39. The molecule has 1 N–H and O–H groups in total. The third kappa shape index (κ3) is 4.71. The average molecular weight is 284 g/mol. The van der Waals surface area contributed by atoms with Gasteiger partial charge in [-0.1, -0.05) is 34.6 Å². The molecule has 0 radical (unpaired) electrons. The summed E-state index contributed by atoms with van der Waals surface area (Å²) in [7, 11) is 0. The lowest BCUT2D eigenvalue weighted by Gasteiger charge is -2.36. The molecule has 0 aromatic carbocycles. The van der Waals surface area contributed by atoms with Gasteiger partial charge < -0.3 is 10.2 Å². The summed E-state index contributed by atoms with van der Waals surface area (Å²) in [5.41, 5.74) is 0.466. The van der Waals surface area contributed by atoms with Crippen LogP contribution in [0.2, 0.25) is 0 Å². The SMILES string of the molecule is CCNCC(CC)(CC)CN1CCC(N(CC)CC)C1. The molecule has 0 aromatic heterocycles. The molecule has 1 aliphatic rings. The van der Waals surface area contributed by atoms with Crippen LogP contribution in [0.25, 0.3) is 0 Å². The van der Waals surface area contributed by atoms with Crippen LogP contribution in [-0.2, 0) is 0 Å². The zero-order valence-electron chi connectivity index (χ0n) is 14.5. The molecule has 1 heterocycles. The van der Waals surface area contributed by atoms with Crippen LogP contribution in [0, 0.1) is 5.41 Å². The topological polar surface area (TPSA) is 18.5 Å². The highest BCUT2D eigenvalue weighted by atomic mass is 15.3. The predicted octanol–water partition coefficient (Wildman–Crippen LogP) is 2.82. The van der Waals surface area contributed by atoms with E-state index in [4.69, 9.17) is 0 Å². The van der Waals surface area contributed by atoms with Gasteiger partial charge in [0.25, 0.3) is 0 Å². The van der Waals surface area contributed by atoms with E-state index in [1.807, 2.05) is 0 Å². The van der Waals surface area contributed by atoms with Gasteiger partial charge in [-0.05, 0) is 50.9 Å². The third-order valence-electron chi connectivity index (χ3n) is 5.39. The zero-order chi connectivity index (χ0) is 15.0. The van der Waals surface area contributed by atoms with E-state index in [2.05, 4.69) is 49.7 Å². The molecule has 120 valence electrons. The molecular weight excluding hydrogens is 246 g/mol. The van der Waals surface area contributed by atoms with Crippen LogP contribution in [0.4, 0.5) is 0 Å². The van der Waals surface area contributed by atoms with E-state index in [-0.39, 0.29) is 0 Å². The lowest BCUT2D eigenvalue weighted by molar-refractivity contribution is 0.142. The summed E-state index contributed by atoms with van der Waals surface area (Å²) in [5, 5.41) is 3.58. The lowest BCUT2D eigenvalue weighted by atomic mass is 9.81. The molecule has 20 heavy (non-hydrogen) atoms. The first kappa shape index (κ1) is 17.9. The summed E-state index contributed by atoms with van der Waals surface area (Å²) in [6.07, 6.45) is 3.91. The summed E-state index contributed by atoms with van der Waals surface area (Å²) >= 11 is 0. The Kier molecular flexibility index (Phi) is 8.08. The summed E-state index contributed by atoms with van der Waals surface area (Å²) in [5.74, 6) is 0. The van der Waals surface area contributed by atoms with Gasteiger partial charge >= 0.3 is 0 Å². The van der Waals surface area contributed by atoms with E-state index in [1.54, 1.807) is 0 Å². The molecule has 3 nitrogen and oxygen atoms in total. The van der Waals surface area contributed by atoms with Crippen molar-refractivity contribution in [2.45, 2.75) is 59.9 Å². The van der Waals surface area contributed by atoms with Crippen molar-refractivity contribution in [2.75, 3.05) is 45.8 Å². The second-order valence-electron chi connectivity index (χ2n) is 6.39. The summed E-state index contributed by atoms with van der Waals surface area (Å²) in [6, 6.07) is 0.788. The number of nitrogens with one attached hydrogen (secondary N) is 1. The molecule has 1 saturated heterocycles. The highest BCUT2D eigenvalue weighted by Gasteiger charge is 2.33. The fraction of sp³-hybridized carbons (Fsp3) is 1.00. The van der Waals surface area contributed by atoms with E-state index < -0.39 is 0 Å². The first-order valence-electron chi connectivity index (χ1n) is 8.81. The van der Waals surface area contributed by atoms with Gasteiger partial charge in [-0.15, -0.1) is 0 Å². The smallest absolute Gasteiger partial charge is 0.0235 e. The Balaban J connectivity index is 2.54. The minimum Gasteiger partial charge on any atom is -0.316 e. The molecule has 1 aliphatic heterocycles. The van der Waals surface area contributed by atoms with Gasteiger partial charge in [0, 0.05) is 25.7 Å². The Labute approximate surface area is 127 Å². The van der Waals surface area contributed by atoms with Crippen molar-refractivity contribution in [1.82, 2.24) is 15.1 Å². The molecule has 0 aromatic rings. The fourth-order valence-corrected chi connectivity index (χ4v) is 3.64. The summed E-state index contributed by atoms with van der Waals surface area (Å²) in [6.45, 7) is 20.0. The van der Waals surface area contributed by atoms with E-state index >= 15 is 0 Å². The van der Waals surface area contributed by atoms with E-state index in [0.717, 1.165) is 12.6 Å². The lowest BCUT2D eigenvalue weighted by Crippen LogP contribution is -2.44. The van der Waals surface area contributed by atoms with Crippen molar-refractivity contribution in [2.24, 2.45) is 5.41 Å². The van der Waals surface area contributed by atoms with Crippen molar-refractivity contribution >= 4 is 0 Å². The van der Waals surface area contributed by atoms with Gasteiger partial charge in [-0.2, -0.15) is 0 Å². The predicted molar refractivity (Wildman–Crippen MR) is 89.3 cm³/mol. The molecular formula is C17H37N3.